The third kappa shape index (κ3) is 4.72. The Morgan fingerprint density at radius 2 is 1.86 bits per heavy atom. The SMILES string of the molecule is CCCOc1ccc(C(C(C)CO)N(C)C)cc1C(C)C. The molecule has 0 aliphatic rings. The Hall–Kier alpha value is -1.06. The predicted octanol–water partition coefficient (Wildman–Crippen LogP) is 3.83. The van der Waals surface area contributed by atoms with Crippen molar-refractivity contribution < 1.29 is 9.84 Å². The molecular weight excluding hydrogens is 262 g/mol. The van der Waals surface area contributed by atoms with Crippen LogP contribution >= 0.6 is 0 Å². The van der Waals surface area contributed by atoms with Crippen molar-refractivity contribution in [2.24, 2.45) is 5.92 Å². The minimum atomic E-state index is 0.188. The fourth-order valence-electron chi connectivity index (χ4n) is 2.78. The van der Waals surface area contributed by atoms with E-state index in [4.69, 9.17) is 4.74 Å². The van der Waals surface area contributed by atoms with Crippen molar-refractivity contribution in [1.29, 1.82) is 0 Å². The summed E-state index contributed by atoms with van der Waals surface area (Å²) >= 11 is 0. The molecule has 0 spiro atoms. The minimum Gasteiger partial charge on any atom is -0.493 e. The van der Waals surface area contributed by atoms with E-state index in [1.807, 2.05) is 0 Å². The van der Waals surface area contributed by atoms with Gasteiger partial charge in [0.1, 0.15) is 5.75 Å². The van der Waals surface area contributed by atoms with Gasteiger partial charge in [0.2, 0.25) is 0 Å². The number of aliphatic hydroxyl groups excluding tert-OH is 1. The van der Waals surface area contributed by atoms with Gasteiger partial charge < -0.3 is 14.7 Å². The lowest BCUT2D eigenvalue weighted by Crippen LogP contribution is -2.28. The van der Waals surface area contributed by atoms with E-state index in [1.165, 1.54) is 11.1 Å². The van der Waals surface area contributed by atoms with Gasteiger partial charge in [0, 0.05) is 12.6 Å². The number of benzene rings is 1. The van der Waals surface area contributed by atoms with Crippen molar-refractivity contribution in [3.63, 3.8) is 0 Å². The minimum absolute atomic E-state index is 0.188. The molecule has 0 aromatic heterocycles. The first-order valence-electron chi connectivity index (χ1n) is 7.96. The van der Waals surface area contributed by atoms with Crippen LogP contribution in [0.1, 0.15) is 57.2 Å². The zero-order valence-electron chi connectivity index (χ0n) is 14.4. The average molecular weight is 293 g/mol. The van der Waals surface area contributed by atoms with Crippen LogP contribution in [0.5, 0.6) is 5.75 Å². The van der Waals surface area contributed by atoms with Crippen molar-refractivity contribution in [3.05, 3.63) is 29.3 Å². The normalized spacial score (nSPS) is 14.5. The smallest absolute Gasteiger partial charge is 0.122 e. The Balaban J connectivity index is 3.16. The number of rotatable bonds is 8. The molecule has 1 rings (SSSR count). The standard InChI is InChI=1S/C18H31NO2/c1-7-10-21-17-9-8-15(11-16(17)13(2)3)18(19(5)6)14(4)12-20/h8-9,11,13-14,18,20H,7,10,12H2,1-6H3. The first-order chi connectivity index (χ1) is 9.92. The van der Waals surface area contributed by atoms with Crippen LogP contribution in [0.2, 0.25) is 0 Å². The third-order valence-electron chi connectivity index (χ3n) is 3.84. The van der Waals surface area contributed by atoms with Gasteiger partial charge >= 0.3 is 0 Å². The van der Waals surface area contributed by atoms with Gasteiger partial charge in [0.05, 0.1) is 6.61 Å². The Kier molecular flexibility index (Phi) is 7.20. The van der Waals surface area contributed by atoms with Crippen LogP contribution in [-0.2, 0) is 0 Å². The molecule has 1 aromatic rings. The maximum absolute atomic E-state index is 9.51. The largest absolute Gasteiger partial charge is 0.493 e. The molecule has 3 nitrogen and oxygen atoms in total. The highest BCUT2D eigenvalue weighted by Gasteiger charge is 2.22. The molecule has 2 atom stereocenters. The summed E-state index contributed by atoms with van der Waals surface area (Å²) in [6.45, 7) is 9.53. The number of aliphatic hydroxyl groups is 1. The summed E-state index contributed by atoms with van der Waals surface area (Å²) in [5, 5.41) is 9.51. The summed E-state index contributed by atoms with van der Waals surface area (Å²) in [4.78, 5) is 2.17. The Bertz CT molecular complexity index is 429. The molecule has 0 saturated carbocycles. The van der Waals surface area contributed by atoms with Gasteiger partial charge in [-0.2, -0.15) is 0 Å². The molecule has 0 saturated heterocycles. The molecule has 1 N–H and O–H groups in total. The van der Waals surface area contributed by atoms with E-state index in [-0.39, 0.29) is 18.6 Å². The van der Waals surface area contributed by atoms with Gasteiger partial charge in [0.25, 0.3) is 0 Å². The first kappa shape index (κ1) is 18.0. The van der Waals surface area contributed by atoms with Gasteiger partial charge in [0.15, 0.2) is 0 Å². The summed E-state index contributed by atoms with van der Waals surface area (Å²) in [7, 11) is 4.13. The molecule has 0 aliphatic heterocycles. The van der Waals surface area contributed by atoms with Crippen LogP contribution in [0.3, 0.4) is 0 Å². The highest BCUT2D eigenvalue weighted by Crippen LogP contribution is 2.33. The van der Waals surface area contributed by atoms with Crippen LogP contribution in [-0.4, -0.2) is 37.3 Å². The van der Waals surface area contributed by atoms with E-state index in [1.54, 1.807) is 0 Å². The molecule has 0 bridgehead atoms. The van der Waals surface area contributed by atoms with E-state index in [0.717, 1.165) is 18.8 Å². The Morgan fingerprint density at radius 3 is 2.33 bits per heavy atom. The van der Waals surface area contributed by atoms with Gasteiger partial charge in [-0.15, -0.1) is 0 Å². The molecule has 0 heterocycles. The number of ether oxygens (including phenoxy) is 1. The second-order valence-corrected chi connectivity index (χ2v) is 6.37. The topological polar surface area (TPSA) is 32.7 Å². The molecule has 2 unspecified atom stereocenters. The van der Waals surface area contributed by atoms with Gasteiger partial charge in [-0.25, -0.2) is 0 Å². The summed E-state index contributed by atoms with van der Waals surface area (Å²) in [5.74, 6) is 1.61. The fourth-order valence-corrected chi connectivity index (χ4v) is 2.78. The van der Waals surface area contributed by atoms with Crippen LogP contribution in [0.4, 0.5) is 0 Å². The number of hydrogen-bond donors (Lipinski definition) is 1. The van der Waals surface area contributed by atoms with Crippen LogP contribution < -0.4 is 4.74 Å². The van der Waals surface area contributed by atoms with Gasteiger partial charge in [-0.05, 0) is 49.5 Å². The first-order valence-corrected chi connectivity index (χ1v) is 7.96. The number of nitrogens with zero attached hydrogens (tertiary/aromatic N) is 1. The molecule has 21 heavy (non-hydrogen) atoms. The summed E-state index contributed by atoms with van der Waals surface area (Å²) in [5.41, 5.74) is 2.49. The Labute approximate surface area is 129 Å². The van der Waals surface area contributed by atoms with E-state index in [2.05, 4.69) is 64.9 Å². The number of hydrogen-bond acceptors (Lipinski definition) is 3. The molecule has 1 aromatic carbocycles. The lowest BCUT2D eigenvalue weighted by atomic mass is 9.90. The maximum atomic E-state index is 9.51. The molecule has 120 valence electrons. The zero-order chi connectivity index (χ0) is 16.0. The van der Waals surface area contributed by atoms with Crippen LogP contribution in [0.25, 0.3) is 0 Å². The van der Waals surface area contributed by atoms with E-state index in [0.29, 0.717) is 5.92 Å². The Morgan fingerprint density at radius 1 is 1.19 bits per heavy atom. The van der Waals surface area contributed by atoms with Crippen molar-refractivity contribution in [2.45, 2.75) is 46.1 Å². The second kappa shape index (κ2) is 8.40. The van der Waals surface area contributed by atoms with Gasteiger partial charge in [-0.3, -0.25) is 0 Å². The van der Waals surface area contributed by atoms with Crippen LogP contribution in [0.15, 0.2) is 18.2 Å². The zero-order valence-corrected chi connectivity index (χ0v) is 14.4. The summed E-state index contributed by atoms with van der Waals surface area (Å²) in [6.07, 6.45) is 1.02. The van der Waals surface area contributed by atoms with Crippen molar-refractivity contribution >= 4 is 0 Å². The van der Waals surface area contributed by atoms with Crippen molar-refractivity contribution in [3.8, 4) is 5.75 Å². The lowest BCUT2D eigenvalue weighted by Gasteiger charge is -2.30. The fraction of sp³-hybridized carbons (Fsp3) is 0.667. The summed E-state index contributed by atoms with van der Waals surface area (Å²) < 4.78 is 5.87. The quantitative estimate of drug-likeness (QED) is 0.790. The lowest BCUT2D eigenvalue weighted by molar-refractivity contribution is 0.145. The molecule has 0 fully saturated rings. The molecule has 0 radical (unpaired) electrons. The maximum Gasteiger partial charge on any atom is 0.122 e. The highest BCUT2D eigenvalue weighted by molar-refractivity contribution is 5.40. The average Bonchev–Trinajstić information content (AvgIpc) is 2.45. The predicted molar refractivity (Wildman–Crippen MR) is 89.0 cm³/mol. The summed E-state index contributed by atoms with van der Waals surface area (Å²) in [6, 6.07) is 6.67. The van der Waals surface area contributed by atoms with Gasteiger partial charge in [-0.1, -0.05) is 39.8 Å². The van der Waals surface area contributed by atoms with Crippen LogP contribution in [0, 0.1) is 5.92 Å². The molecule has 0 amide bonds. The van der Waals surface area contributed by atoms with E-state index >= 15 is 0 Å². The second-order valence-electron chi connectivity index (χ2n) is 6.37. The molecule has 3 heteroatoms. The highest BCUT2D eigenvalue weighted by atomic mass is 16.5. The molecule has 0 aliphatic carbocycles. The van der Waals surface area contributed by atoms with E-state index < -0.39 is 0 Å². The third-order valence-corrected chi connectivity index (χ3v) is 3.84. The van der Waals surface area contributed by atoms with Crippen molar-refractivity contribution in [2.75, 3.05) is 27.3 Å². The van der Waals surface area contributed by atoms with Crippen molar-refractivity contribution in [1.82, 2.24) is 4.90 Å². The van der Waals surface area contributed by atoms with E-state index in [9.17, 15) is 5.11 Å². The molecular formula is C18H31NO2. The monoisotopic (exact) mass is 293 g/mol.